The van der Waals surface area contributed by atoms with E-state index < -0.39 is 60.2 Å². The second-order valence-electron chi connectivity index (χ2n) is 6.87. The molecular weight excluding hydrogens is 669 g/mol. The zero-order valence-corrected chi connectivity index (χ0v) is 33.0. The molecule has 2 aromatic rings. The number of phosphoric ester groups is 1. The predicted octanol–water partition coefficient (Wildman–Crippen LogP) is -16.8. The maximum atomic E-state index is 12.2. The van der Waals surface area contributed by atoms with E-state index in [0.717, 1.165) is 16.3 Å². The summed E-state index contributed by atoms with van der Waals surface area (Å²) < 4.78 is 50.7. The van der Waals surface area contributed by atoms with Crippen LogP contribution in [0.15, 0.2) is 9.95 Å². The molecule has 1 fully saturated rings. The summed E-state index contributed by atoms with van der Waals surface area (Å²) in [6, 6.07) is 0. The molecule has 40 heavy (non-hydrogen) atoms. The Bertz CT molecular complexity index is 1330. The number of thioether (sulfide) groups is 1. The Morgan fingerprint density at radius 3 is 2.17 bits per heavy atom. The second-order valence-corrected chi connectivity index (χ2v) is 12.2. The van der Waals surface area contributed by atoms with Crippen LogP contribution in [0.5, 0.6) is 0 Å². The smallest absolute Gasteiger partial charge is 0.790 e. The number of fused-ring (bicyclic) bond motifs is 1. The molecule has 3 rings (SSSR count). The first-order valence-electron chi connectivity index (χ1n) is 9.37. The Kier molecular flexibility index (Phi) is 20.4. The topological polar surface area (TPSA) is 336 Å². The van der Waals surface area contributed by atoms with Gasteiger partial charge in [0.1, 0.15) is 18.3 Å². The van der Waals surface area contributed by atoms with Crippen molar-refractivity contribution in [1.82, 2.24) is 19.5 Å². The van der Waals surface area contributed by atoms with Crippen LogP contribution >= 0.6 is 35.2 Å². The molecule has 6 atom stereocenters. The fourth-order valence-electron chi connectivity index (χ4n) is 2.99. The Morgan fingerprint density at radius 2 is 1.62 bits per heavy atom. The van der Waals surface area contributed by atoms with Crippen LogP contribution in [0.2, 0.25) is 0 Å². The standard InChI is InChI=1S/C12H21N6O14P3S.4Na/c13-1-2-36-12-15-5-8(16-11(14)17-9(5)21)18(12)10-7(20)6(19)4(30-10)3-29-34(25,26)32-35(27,28)31-33(22,23)24;;;;/h4,6-7,10,19-20H,1-3,13H2,(H,25,26)(H,27,28)(H2,22,23,24)(H3,14,16,17,21);;;;/q;4*+1/p-4/t4-,6-,7-,10-;;;;/m1..../s1. The third kappa shape index (κ3) is 12.2. The van der Waals surface area contributed by atoms with Gasteiger partial charge < -0.3 is 55.1 Å². The number of H-pyrrole nitrogens is 1. The summed E-state index contributed by atoms with van der Waals surface area (Å²) in [4.78, 5) is 66.3. The number of nitrogens with two attached hydrogens (primary N) is 2. The number of aliphatic hydroxyl groups excluding tert-OH is 2. The number of aliphatic hydroxyl groups is 2. The number of rotatable bonds is 11. The Balaban J connectivity index is 0. The van der Waals surface area contributed by atoms with Crippen LogP contribution in [0, 0.1) is 0 Å². The minimum Gasteiger partial charge on any atom is -0.790 e. The molecule has 0 amide bonds. The van der Waals surface area contributed by atoms with Crippen LogP contribution in [-0.4, -0.2) is 66.9 Å². The van der Waals surface area contributed by atoms with E-state index in [0.29, 0.717) is 5.75 Å². The molecular formula is C12H17N6Na4O14P3S. The van der Waals surface area contributed by atoms with Crippen LogP contribution < -0.4 is 155 Å². The molecule has 1 saturated heterocycles. The van der Waals surface area contributed by atoms with E-state index in [2.05, 4.69) is 28.1 Å². The van der Waals surface area contributed by atoms with Gasteiger partial charge in [0, 0.05) is 12.3 Å². The molecule has 0 aromatic carbocycles. The molecule has 3 heterocycles. The van der Waals surface area contributed by atoms with Crippen LogP contribution in [-0.2, 0) is 31.6 Å². The van der Waals surface area contributed by atoms with Crippen LogP contribution in [0.3, 0.4) is 0 Å². The van der Waals surface area contributed by atoms with Crippen LogP contribution in [0.4, 0.5) is 5.95 Å². The summed E-state index contributed by atoms with van der Waals surface area (Å²) in [5.41, 5.74) is 9.97. The third-order valence-electron chi connectivity index (χ3n) is 4.27. The summed E-state index contributed by atoms with van der Waals surface area (Å²) in [5, 5.41) is 20.9. The van der Waals surface area contributed by atoms with E-state index >= 15 is 0 Å². The van der Waals surface area contributed by atoms with Crippen molar-refractivity contribution < 1.29 is 180 Å². The monoisotopic (exact) mass is 686 g/mol. The molecule has 1 aliphatic rings. The van der Waals surface area contributed by atoms with E-state index in [4.69, 9.17) is 16.2 Å². The van der Waals surface area contributed by atoms with Crippen molar-refractivity contribution in [2.24, 2.45) is 5.73 Å². The van der Waals surface area contributed by atoms with Gasteiger partial charge in [0.25, 0.3) is 21.2 Å². The van der Waals surface area contributed by atoms with E-state index in [9.17, 15) is 48.3 Å². The predicted molar refractivity (Wildman–Crippen MR) is 109 cm³/mol. The maximum Gasteiger partial charge on any atom is 1.00 e. The molecule has 1 aliphatic heterocycles. The van der Waals surface area contributed by atoms with Gasteiger partial charge in [0.15, 0.2) is 22.5 Å². The second kappa shape index (κ2) is 18.2. The minimum atomic E-state index is -6.20. The van der Waals surface area contributed by atoms with Gasteiger partial charge in [-0.05, 0) is 0 Å². The fourth-order valence-corrected chi connectivity index (χ4v) is 6.64. The average molecular weight is 686 g/mol. The molecule has 0 radical (unpaired) electrons. The number of aromatic amines is 1. The maximum absolute atomic E-state index is 12.2. The fraction of sp³-hybridized carbons (Fsp3) is 0.583. The molecule has 0 aliphatic carbocycles. The molecule has 204 valence electrons. The molecule has 0 bridgehead atoms. The number of nitrogen functional groups attached to an aromatic ring is 1. The van der Waals surface area contributed by atoms with Gasteiger partial charge in [-0.25, -0.2) is 9.29 Å². The first-order chi connectivity index (χ1) is 16.5. The molecule has 2 unspecified atom stereocenters. The summed E-state index contributed by atoms with van der Waals surface area (Å²) >= 11 is 1.03. The zero-order chi connectivity index (χ0) is 27.1. The summed E-state index contributed by atoms with van der Waals surface area (Å²) in [5.74, 6) is -0.0196. The van der Waals surface area contributed by atoms with Gasteiger partial charge in [-0.2, -0.15) is 4.98 Å². The Hall–Kier alpha value is 2.75. The first-order valence-corrected chi connectivity index (χ1v) is 14.7. The number of aromatic nitrogens is 4. The normalized spacial score (nSPS) is 23.6. The van der Waals surface area contributed by atoms with Gasteiger partial charge in [-0.1, -0.05) is 11.8 Å². The number of phosphoric acid groups is 3. The number of ether oxygens (including phenoxy) is 1. The number of anilines is 1. The van der Waals surface area contributed by atoms with Crippen molar-refractivity contribution in [2.75, 3.05) is 24.6 Å². The van der Waals surface area contributed by atoms with Gasteiger partial charge in [-0.3, -0.25) is 27.8 Å². The molecule has 2 aromatic heterocycles. The Morgan fingerprint density at radius 1 is 1.02 bits per heavy atom. The molecule has 7 N–H and O–H groups in total. The van der Waals surface area contributed by atoms with Crippen molar-refractivity contribution in [3.63, 3.8) is 0 Å². The van der Waals surface area contributed by atoms with Crippen LogP contribution in [0.1, 0.15) is 6.23 Å². The van der Waals surface area contributed by atoms with E-state index in [1.54, 1.807) is 0 Å². The number of hydrogen-bond acceptors (Lipinski definition) is 19. The minimum absolute atomic E-state index is 0. The van der Waals surface area contributed by atoms with Crippen molar-refractivity contribution in [3.8, 4) is 0 Å². The van der Waals surface area contributed by atoms with Crippen molar-refractivity contribution in [1.29, 1.82) is 0 Å². The largest absolute Gasteiger partial charge is 1.00 e. The number of nitrogens with zero attached hydrogens (tertiary/aromatic N) is 3. The van der Waals surface area contributed by atoms with Crippen molar-refractivity contribution in [2.45, 2.75) is 29.7 Å². The van der Waals surface area contributed by atoms with Gasteiger partial charge >= 0.3 is 118 Å². The molecule has 0 spiro atoms. The van der Waals surface area contributed by atoms with E-state index in [1.165, 1.54) is 0 Å². The van der Waals surface area contributed by atoms with Gasteiger partial charge in [-0.15, -0.1) is 0 Å². The first kappa shape index (κ1) is 44.9. The van der Waals surface area contributed by atoms with E-state index in [-0.39, 0.29) is 147 Å². The van der Waals surface area contributed by atoms with Gasteiger partial charge in [0.05, 0.1) is 14.4 Å². The molecule has 20 nitrogen and oxygen atoms in total. The van der Waals surface area contributed by atoms with Crippen molar-refractivity contribution in [3.05, 3.63) is 10.4 Å². The summed E-state index contributed by atoms with van der Waals surface area (Å²) in [6.45, 7) is -0.969. The quantitative estimate of drug-likeness (QED) is 0.0832. The third-order valence-corrected chi connectivity index (χ3v) is 8.93. The SMILES string of the molecule is NCCSc1nc2c(=O)[nH]c(N)nc2n1[C@@H]1O[C@H](COP(=O)([O-])OP(=O)([O-])OP(=O)([O-])[O-])[C@@H](O)[C@H]1O.[Na+].[Na+].[Na+].[Na+]. The zero-order valence-electron chi connectivity index (χ0n) is 21.5. The molecule has 0 saturated carbocycles. The number of hydrogen-bond donors (Lipinski definition) is 5. The average Bonchev–Trinajstić information content (AvgIpc) is 3.19. The summed E-state index contributed by atoms with van der Waals surface area (Å²) in [7, 11) is -18.3. The molecule has 28 heteroatoms. The van der Waals surface area contributed by atoms with Gasteiger partial charge in [0.2, 0.25) is 5.95 Å². The Labute approximate surface area is 317 Å². The number of nitrogens with one attached hydrogen (secondary N) is 1. The van der Waals surface area contributed by atoms with E-state index in [1.807, 2.05) is 0 Å². The summed E-state index contributed by atoms with van der Waals surface area (Å²) in [6.07, 6.45) is -6.82. The van der Waals surface area contributed by atoms with Crippen molar-refractivity contribution >= 4 is 52.3 Å². The van der Waals surface area contributed by atoms with Crippen LogP contribution in [0.25, 0.3) is 11.2 Å². The number of imidazole rings is 1.